The van der Waals surface area contributed by atoms with Gasteiger partial charge in [-0.1, -0.05) is 6.92 Å². The van der Waals surface area contributed by atoms with E-state index in [2.05, 4.69) is 17.0 Å². The Morgan fingerprint density at radius 2 is 1.95 bits per heavy atom. The van der Waals surface area contributed by atoms with Crippen molar-refractivity contribution in [2.24, 2.45) is 5.92 Å². The smallest absolute Gasteiger partial charge is 0.279 e. The number of hydrogen-bond acceptors (Lipinski definition) is 4. The minimum Gasteiger partial charge on any atom is -0.385 e. The van der Waals surface area contributed by atoms with E-state index in [0.29, 0.717) is 38.6 Å². The lowest BCUT2D eigenvalue weighted by Gasteiger charge is -2.31. The highest BCUT2D eigenvalue weighted by molar-refractivity contribution is 7.87. The maximum absolute atomic E-state index is 12.1. The van der Waals surface area contributed by atoms with E-state index in [1.165, 1.54) is 0 Å². The van der Waals surface area contributed by atoms with Crippen molar-refractivity contribution in [3.63, 3.8) is 0 Å². The summed E-state index contributed by atoms with van der Waals surface area (Å²) in [5, 5.41) is 3.41. The van der Waals surface area contributed by atoms with Gasteiger partial charge in [0.1, 0.15) is 0 Å². The molecule has 0 atom stereocenters. The second kappa shape index (κ2) is 9.68. The Kier molecular flexibility index (Phi) is 8.63. The zero-order chi connectivity index (χ0) is 14.8. The average molecular weight is 307 g/mol. The Bertz CT molecular complexity index is 341. The molecule has 1 rings (SSSR count). The van der Waals surface area contributed by atoms with Crippen LogP contribution >= 0.6 is 0 Å². The highest BCUT2D eigenvalue weighted by atomic mass is 32.2. The maximum Gasteiger partial charge on any atom is 0.279 e. The largest absolute Gasteiger partial charge is 0.385 e. The van der Waals surface area contributed by atoms with Crippen molar-refractivity contribution in [3.05, 3.63) is 0 Å². The van der Waals surface area contributed by atoms with Crippen molar-refractivity contribution in [3.8, 4) is 0 Å². The summed E-state index contributed by atoms with van der Waals surface area (Å²) in [7, 11) is -1.69. The first-order chi connectivity index (χ1) is 9.60. The van der Waals surface area contributed by atoms with E-state index in [9.17, 15) is 8.42 Å². The molecule has 6 nitrogen and oxygen atoms in total. The normalized spacial score (nSPS) is 18.5. The van der Waals surface area contributed by atoms with Crippen LogP contribution in [0.1, 0.15) is 32.6 Å². The van der Waals surface area contributed by atoms with Gasteiger partial charge in [0.25, 0.3) is 10.2 Å². The van der Waals surface area contributed by atoms with Crippen molar-refractivity contribution in [2.75, 3.05) is 46.4 Å². The fraction of sp³-hybridized carbons (Fsp3) is 1.00. The number of piperidine rings is 1. The molecular weight excluding hydrogens is 278 g/mol. The summed E-state index contributed by atoms with van der Waals surface area (Å²) in [6.07, 6.45) is 3.72. The fourth-order valence-corrected chi connectivity index (χ4v) is 3.62. The lowest BCUT2D eigenvalue weighted by atomic mass is 9.98. The average Bonchev–Trinajstić information content (AvgIpc) is 2.45. The van der Waals surface area contributed by atoms with Gasteiger partial charge in [0.2, 0.25) is 0 Å². The van der Waals surface area contributed by atoms with Gasteiger partial charge in [-0.15, -0.1) is 0 Å². The monoisotopic (exact) mass is 307 g/mol. The standard InChI is InChI=1S/C13H29N3O3S/c1-3-7-14-12-13-5-9-16(10-6-13)20(17,18)15-8-4-11-19-2/h13-15H,3-12H2,1-2H3. The van der Waals surface area contributed by atoms with Gasteiger partial charge in [0.15, 0.2) is 0 Å². The minimum atomic E-state index is -3.31. The molecule has 0 aliphatic carbocycles. The predicted octanol–water partition coefficient (Wildman–Crippen LogP) is 0.569. The second-order valence-electron chi connectivity index (χ2n) is 5.29. The van der Waals surface area contributed by atoms with Gasteiger partial charge in [-0.05, 0) is 44.7 Å². The summed E-state index contributed by atoms with van der Waals surface area (Å²) in [5.41, 5.74) is 0. The zero-order valence-corrected chi connectivity index (χ0v) is 13.5. The highest BCUT2D eigenvalue weighted by Crippen LogP contribution is 2.18. The molecular formula is C13H29N3O3S. The maximum atomic E-state index is 12.1. The molecule has 0 radical (unpaired) electrons. The molecule has 120 valence electrons. The minimum absolute atomic E-state index is 0.439. The quantitative estimate of drug-likeness (QED) is 0.579. The number of ether oxygens (including phenoxy) is 1. The van der Waals surface area contributed by atoms with E-state index in [0.717, 1.165) is 32.4 Å². The van der Waals surface area contributed by atoms with E-state index >= 15 is 0 Å². The van der Waals surface area contributed by atoms with Gasteiger partial charge < -0.3 is 10.1 Å². The van der Waals surface area contributed by atoms with Crippen LogP contribution in [0.4, 0.5) is 0 Å². The molecule has 1 saturated heterocycles. The lowest BCUT2D eigenvalue weighted by molar-refractivity contribution is 0.195. The topological polar surface area (TPSA) is 70.7 Å². The van der Waals surface area contributed by atoms with Crippen LogP contribution in [0.2, 0.25) is 0 Å². The van der Waals surface area contributed by atoms with Crippen LogP contribution in [0.3, 0.4) is 0 Å². The molecule has 0 bridgehead atoms. The Labute approximate surface area is 123 Å². The molecule has 0 unspecified atom stereocenters. The van der Waals surface area contributed by atoms with Crippen LogP contribution in [0.5, 0.6) is 0 Å². The van der Waals surface area contributed by atoms with E-state index in [1.807, 2.05) is 0 Å². The molecule has 0 saturated carbocycles. The van der Waals surface area contributed by atoms with E-state index in [1.54, 1.807) is 11.4 Å². The van der Waals surface area contributed by atoms with Crippen LogP contribution in [0.25, 0.3) is 0 Å². The highest BCUT2D eigenvalue weighted by Gasteiger charge is 2.27. The zero-order valence-electron chi connectivity index (χ0n) is 12.7. The third kappa shape index (κ3) is 6.49. The van der Waals surface area contributed by atoms with E-state index in [-0.39, 0.29) is 0 Å². The van der Waals surface area contributed by atoms with Gasteiger partial charge in [-0.25, -0.2) is 4.72 Å². The molecule has 0 aromatic heterocycles. The third-order valence-corrected chi connectivity index (χ3v) is 5.20. The van der Waals surface area contributed by atoms with E-state index < -0.39 is 10.2 Å². The number of rotatable bonds is 10. The van der Waals surface area contributed by atoms with Crippen LogP contribution in [-0.2, 0) is 14.9 Å². The number of hydrogen-bond donors (Lipinski definition) is 2. The van der Waals surface area contributed by atoms with Gasteiger partial charge >= 0.3 is 0 Å². The van der Waals surface area contributed by atoms with E-state index in [4.69, 9.17) is 4.74 Å². The molecule has 7 heteroatoms. The Morgan fingerprint density at radius 3 is 2.55 bits per heavy atom. The third-order valence-electron chi connectivity index (χ3n) is 3.58. The van der Waals surface area contributed by atoms with Crippen molar-refractivity contribution in [1.29, 1.82) is 0 Å². The van der Waals surface area contributed by atoms with Crippen molar-refractivity contribution in [2.45, 2.75) is 32.6 Å². The molecule has 0 aromatic carbocycles. The molecule has 0 aromatic rings. The first-order valence-corrected chi connectivity index (χ1v) is 8.98. The van der Waals surface area contributed by atoms with Crippen molar-refractivity contribution in [1.82, 2.24) is 14.3 Å². The second-order valence-corrected chi connectivity index (χ2v) is 7.05. The first-order valence-electron chi connectivity index (χ1n) is 7.54. The Morgan fingerprint density at radius 1 is 1.25 bits per heavy atom. The molecule has 1 aliphatic heterocycles. The van der Waals surface area contributed by atoms with Crippen LogP contribution in [-0.4, -0.2) is 59.2 Å². The summed E-state index contributed by atoms with van der Waals surface area (Å²) in [5.74, 6) is 0.599. The molecule has 0 amide bonds. The van der Waals surface area contributed by atoms with Gasteiger partial charge in [0, 0.05) is 33.4 Å². The summed E-state index contributed by atoms with van der Waals surface area (Å²) >= 11 is 0. The predicted molar refractivity (Wildman–Crippen MR) is 80.9 cm³/mol. The molecule has 1 heterocycles. The number of nitrogens with zero attached hydrogens (tertiary/aromatic N) is 1. The van der Waals surface area contributed by atoms with Gasteiger partial charge in [0.05, 0.1) is 0 Å². The number of methoxy groups -OCH3 is 1. The summed E-state index contributed by atoms with van der Waals surface area (Å²) in [6.45, 7) is 6.46. The molecule has 2 N–H and O–H groups in total. The summed E-state index contributed by atoms with van der Waals surface area (Å²) in [4.78, 5) is 0. The van der Waals surface area contributed by atoms with Crippen molar-refractivity contribution >= 4 is 10.2 Å². The van der Waals surface area contributed by atoms with Crippen LogP contribution in [0.15, 0.2) is 0 Å². The molecule has 1 aliphatic rings. The summed E-state index contributed by atoms with van der Waals surface area (Å²) < 4.78 is 33.3. The van der Waals surface area contributed by atoms with Crippen LogP contribution in [0, 0.1) is 5.92 Å². The van der Waals surface area contributed by atoms with Crippen molar-refractivity contribution < 1.29 is 13.2 Å². The Balaban J connectivity index is 2.25. The Hall–Kier alpha value is -0.210. The summed E-state index contributed by atoms with van der Waals surface area (Å²) in [6, 6.07) is 0. The first kappa shape index (κ1) is 17.8. The SMILES string of the molecule is CCCNCC1CCN(S(=O)(=O)NCCCOC)CC1. The van der Waals surface area contributed by atoms with Gasteiger partial charge in [-0.3, -0.25) is 0 Å². The lowest BCUT2D eigenvalue weighted by Crippen LogP contribution is -2.46. The molecule has 1 fully saturated rings. The molecule has 0 spiro atoms. The van der Waals surface area contributed by atoms with Gasteiger partial charge in [-0.2, -0.15) is 12.7 Å². The number of nitrogens with one attached hydrogen (secondary N) is 2. The fourth-order valence-electron chi connectivity index (χ4n) is 2.35. The van der Waals surface area contributed by atoms with Crippen LogP contribution < -0.4 is 10.0 Å². The molecule has 20 heavy (non-hydrogen) atoms.